The zero-order chi connectivity index (χ0) is 22.1. The first-order valence-corrected chi connectivity index (χ1v) is 10.4. The Morgan fingerprint density at radius 3 is 2.30 bits per heavy atom. The van der Waals surface area contributed by atoms with Crippen molar-refractivity contribution in [2.75, 3.05) is 12.9 Å². The van der Waals surface area contributed by atoms with E-state index >= 15 is 0 Å². The van der Waals surface area contributed by atoms with Gasteiger partial charge in [-0.1, -0.05) is 30.3 Å². The number of nitrogens with two attached hydrogens (primary N) is 2. The molecule has 158 valence electrons. The number of guanidine groups is 1. The molecule has 0 aromatic heterocycles. The number of halogens is 3. The maximum absolute atomic E-state index is 13.6. The number of nitrogens with zero attached hydrogens (tertiary/aromatic N) is 4. The average Bonchev–Trinajstić information content (AvgIpc) is 3.18. The fourth-order valence-corrected chi connectivity index (χ4v) is 4.14. The molecule has 0 amide bonds. The van der Waals surface area contributed by atoms with E-state index in [2.05, 4.69) is 20.2 Å². The van der Waals surface area contributed by atoms with E-state index in [0.29, 0.717) is 5.56 Å². The van der Waals surface area contributed by atoms with Crippen molar-refractivity contribution in [1.29, 1.82) is 0 Å². The van der Waals surface area contributed by atoms with Crippen molar-refractivity contribution >= 4 is 21.6 Å². The van der Waals surface area contributed by atoms with Crippen molar-refractivity contribution in [2.45, 2.75) is 17.6 Å². The molecule has 8 nitrogen and oxygen atoms in total. The Morgan fingerprint density at radius 2 is 1.80 bits per heavy atom. The first-order valence-electron chi connectivity index (χ1n) is 8.50. The van der Waals surface area contributed by atoms with Crippen molar-refractivity contribution in [1.82, 2.24) is 0 Å². The molecule has 0 saturated carbocycles. The standard InChI is InChI=1S/C18H17F3N6O2S/c1-30(28,29)15-13(18(19,20)21)7-6-12(14(15)16-25-9-26-27-16)11-4-2-10(3-5-11)8-24-17(22)23/h2-7H,8-9H2,1H3,(H4,22,23,24). The number of alkyl halides is 3. The molecule has 4 N–H and O–H groups in total. The van der Waals surface area contributed by atoms with E-state index in [4.69, 9.17) is 11.5 Å². The van der Waals surface area contributed by atoms with Crippen LogP contribution in [0.25, 0.3) is 11.1 Å². The number of hydrogen-bond acceptors (Lipinski definition) is 6. The molecule has 1 heterocycles. The van der Waals surface area contributed by atoms with E-state index < -0.39 is 26.5 Å². The lowest BCUT2D eigenvalue weighted by atomic mass is 9.95. The number of rotatable bonds is 5. The minimum atomic E-state index is -4.88. The van der Waals surface area contributed by atoms with Crippen LogP contribution in [0.5, 0.6) is 0 Å². The Labute approximate surface area is 170 Å². The fraction of sp³-hybridized carbons (Fsp3) is 0.222. The summed E-state index contributed by atoms with van der Waals surface area (Å²) in [4.78, 5) is 6.97. The van der Waals surface area contributed by atoms with Gasteiger partial charge in [0.2, 0.25) is 0 Å². The number of sulfone groups is 1. The van der Waals surface area contributed by atoms with Gasteiger partial charge in [0.15, 0.2) is 28.3 Å². The van der Waals surface area contributed by atoms with Gasteiger partial charge in [-0.2, -0.15) is 18.3 Å². The van der Waals surface area contributed by atoms with Gasteiger partial charge in [0, 0.05) is 11.8 Å². The van der Waals surface area contributed by atoms with Crippen LogP contribution < -0.4 is 11.5 Å². The van der Waals surface area contributed by atoms with Gasteiger partial charge < -0.3 is 11.5 Å². The third-order valence-corrected chi connectivity index (χ3v) is 5.38. The van der Waals surface area contributed by atoms with Gasteiger partial charge >= 0.3 is 6.18 Å². The quantitative estimate of drug-likeness (QED) is 0.548. The third-order valence-electron chi connectivity index (χ3n) is 4.22. The third kappa shape index (κ3) is 4.48. The summed E-state index contributed by atoms with van der Waals surface area (Å²) in [5.74, 6) is -0.243. The zero-order valence-electron chi connectivity index (χ0n) is 15.7. The van der Waals surface area contributed by atoms with Crippen LogP contribution in [0.3, 0.4) is 0 Å². The zero-order valence-corrected chi connectivity index (χ0v) is 16.5. The van der Waals surface area contributed by atoms with Crippen LogP contribution in [0.4, 0.5) is 13.2 Å². The highest BCUT2D eigenvalue weighted by molar-refractivity contribution is 7.90. The summed E-state index contributed by atoms with van der Waals surface area (Å²) in [6.45, 7) is 0.129. The topological polar surface area (TPSA) is 136 Å². The first kappa shape index (κ1) is 21.4. The van der Waals surface area contributed by atoms with Gasteiger partial charge in [0.05, 0.1) is 17.0 Å². The number of hydrogen-bond donors (Lipinski definition) is 2. The lowest BCUT2D eigenvalue weighted by Gasteiger charge is -2.18. The predicted octanol–water partition coefficient (Wildman–Crippen LogP) is 2.72. The molecule has 0 bridgehead atoms. The van der Waals surface area contributed by atoms with Crippen molar-refractivity contribution in [2.24, 2.45) is 31.7 Å². The molecule has 0 atom stereocenters. The van der Waals surface area contributed by atoms with Gasteiger partial charge in [0.25, 0.3) is 0 Å². The van der Waals surface area contributed by atoms with Crippen LogP contribution >= 0.6 is 0 Å². The molecule has 0 spiro atoms. The minimum Gasteiger partial charge on any atom is -0.370 e. The highest BCUT2D eigenvalue weighted by Gasteiger charge is 2.39. The Kier molecular flexibility index (Phi) is 5.61. The van der Waals surface area contributed by atoms with Crippen molar-refractivity contribution in [3.8, 4) is 11.1 Å². The van der Waals surface area contributed by atoms with Gasteiger partial charge in [-0.25, -0.2) is 18.4 Å². The largest absolute Gasteiger partial charge is 0.417 e. The molecule has 30 heavy (non-hydrogen) atoms. The lowest BCUT2D eigenvalue weighted by molar-refractivity contribution is -0.139. The van der Waals surface area contributed by atoms with Gasteiger partial charge in [0.1, 0.15) is 0 Å². The van der Waals surface area contributed by atoms with E-state index in [0.717, 1.165) is 17.9 Å². The van der Waals surface area contributed by atoms with Gasteiger partial charge in [-0.3, -0.25) is 0 Å². The van der Waals surface area contributed by atoms with Gasteiger partial charge in [-0.15, -0.1) is 5.11 Å². The van der Waals surface area contributed by atoms with Crippen LogP contribution in [0.1, 0.15) is 16.7 Å². The molecular formula is C18H17F3N6O2S. The van der Waals surface area contributed by atoms with E-state index in [-0.39, 0.29) is 36.1 Å². The van der Waals surface area contributed by atoms with Gasteiger partial charge in [-0.05, 0) is 22.8 Å². The van der Waals surface area contributed by atoms with E-state index in [1.807, 2.05) is 0 Å². The molecule has 2 aromatic rings. The maximum atomic E-state index is 13.6. The SMILES string of the molecule is CS(=O)(=O)c1c(C(F)(F)F)ccc(-c2ccc(CN=C(N)N)cc2)c1C1=NCN=N1. The molecular weight excluding hydrogens is 421 g/mol. The van der Waals surface area contributed by atoms with Crippen LogP contribution in [-0.4, -0.2) is 33.1 Å². The van der Waals surface area contributed by atoms with E-state index in [1.54, 1.807) is 24.3 Å². The molecule has 12 heteroatoms. The molecule has 0 saturated heterocycles. The predicted molar refractivity (Wildman–Crippen MR) is 106 cm³/mol. The minimum absolute atomic E-state index is 0.0773. The smallest absolute Gasteiger partial charge is 0.370 e. The first-order chi connectivity index (χ1) is 14.0. The molecule has 0 unspecified atom stereocenters. The molecule has 0 radical (unpaired) electrons. The van der Waals surface area contributed by atoms with Crippen LogP contribution in [0, 0.1) is 0 Å². The van der Waals surface area contributed by atoms with Crippen LogP contribution in [-0.2, 0) is 22.6 Å². The second-order valence-corrected chi connectivity index (χ2v) is 8.39. The maximum Gasteiger partial charge on any atom is 0.417 e. The molecule has 0 aliphatic carbocycles. The van der Waals surface area contributed by atoms with E-state index in [1.165, 1.54) is 6.07 Å². The molecule has 1 aliphatic rings. The summed E-state index contributed by atoms with van der Waals surface area (Å²) in [6.07, 6.45) is -4.16. The monoisotopic (exact) mass is 438 g/mol. The second-order valence-electron chi connectivity index (χ2n) is 6.44. The summed E-state index contributed by atoms with van der Waals surface area (Å²) in [6, 6.07) is 8.57. The summed E-state index contributed by atoms with van der Waals surface area (Å²) < 4.78 is 65.6. The Balaban J connectivity index is 2.25. The van der Waals surface area contributed by atoms with Crippen molar-refractivity contribution < 1.29 is 21.6 Å². The number of benzene rings is 2. The van der Waals surface area contributed by atoms with Crippen LogP contribution in [0.15, 0.2) is 61.5 Å². The van der Waals surface area contributed by atoms with Crippen LogP contribution in [0.2, 0.25) is 0 Å². The fourth-order valence-electron chi connectivity index (χ4n) is 2.98. The molecule has 3 rings (SSSR count). The lowest BCUT2D eigenvalue weighted by Crippen LogP contribution is -2.22. The Morgan fingerprint density at radius 1 is 1.13 bits per heavy atom. The normalized spacial score (nSPS) is 13.9. The average molecular weight is 438 g/mol. The summed E-state index contributed by atoms with van der Waals surface area (Å²) in [5.41, 5.74) is 10.6. The number of azo groups is 1. The summed E-state index contributed by atoms with van der Waals surface area (Å²) in [5, 5.41) is 7.41. The molecule has 0 fully saturated rings. The Bertz CT molecular complexity index is 1170. The molecule has 1 aliphatic heterocycles. The highest BCUT2D eigenvalue weighted by atomic mass is 32.2. The Hall–Kier alpha value is -3.28. The van der Waals surface area contributed by atoms with Crippen molar-refractivity contribution in [3.05, 3.63) is 53.1 Å². The second kappa shape index (κ2) is 7.86. The number of amidine groups is 1. The highest BCUT2D eigenvalue weighted by Crippen LogP contribution is 2.40. The summed E-state index contributed by atoms with van der Waals surface area (Å²) >= 11 is 0. The number of aliphatic imine (C=N–C) groups is 2. The van der Waals surface area contributed by atoms with E-state index in [9.17, 15) is 21.6 Å². The molecule has 2 aromatic carbocycles. The van der Waals surface area contributed by atoms with Crippen molar-refractivity contribution in [3.63, 3.8) is 0 Å². The summed E-state index contributed by atoms with van der Waals surface area (Å²) in [7, 11) is -4.29.